The van der Waals surface area contributed by atoms with Crippen LogP contribution >= 0.6 is 0 Å². The third-order valence-corrected chi connectivity index (χ3v) is 4.91. The minimum Gasteiger partial charge on any atom is -0.398 e. The molecule has 7 heteroatoms. The van der Waals surface area contributed by atoms with Crippen molar-refractivity contribution in [2.45, 2.75) is 31.7 Å². The third kappa shape index (κ3) is 2.96. The molecule has 2 aromatic carbocycles. The first kappa shape index (κ1) is 16.4. The summed E-state index contributed by atoms with van der Waals surface area (Å²) in [5.41, 5.74) is 9.20. The van der Waals surface area contributed by atoms with Crippen molar-refractivity contribution in [1.82, 2.24) is 0 Å². The van der Waals surface area contributed by atoms with Gasteiger partial charge < -0.3 is 16.0 Å². The second-order valence-electron chi connectivity index (χ2n) is 6.81. The van der Waals surface area contributed by atoms with Gasteiger partial charge in [-0.25, -0.2) is 0 Å². The SMILES string of the molecule is Nc1cccc2c1CCCN2C(=O)c1ccc(NC2CC2)c([N+](=O)[O-])c1. The number of hydrogen-bond donors (Lipinski definition) is 2. The highest BCUT2D eigenvalue weighted by atomic mass is 16.6. The molecule has 1 aliphatic heterocycles. The Morgan fingerprint density at radius 3 is 2.81 bits per heavy atom. The van der Waals surface area contributed by atoms with Gasteiger partial charge in [-0.15, -0.1) is 0 Å². The lowest BCUT2D eigenvalue weighted by atomic mass is 9.99. The Labute approximate surface area is 150 Å². The van der Waals surface area contributed by atoms with Gasteiger partial charge in [0.15, 0.2) is 0 Å². The van der Waals surface area contributed by atoms with Gasteiger partial charge in [-0.1, -0.05) is 6.07 Å². The summed E-state index contributed by atoms with van der Waals surface area (Å²) < 4.78 is 0. The van der Waals surface area contributed by atoms with Crippen LogP contribution in [-0.2, 0) is 6.42 Å². The molecule has 3 N–H and O–H groups in total. The average molecular weight is 352 g/mol. The largest absolute Gasteiger partial charge is 0.398 e. The van der Waals surface area contributed by atoms with Gasteiger partial charge in [0.05, 0.1) is 4.92 Å². The quantitative estimate of drug-likeness (QED) is 0.499. The molecule has 0 aromatic heterocycles. The summed E-state index contributed by atoms with van der Waals surface area (Å²) in [5, 5.41) is 14.6. The molecule has 4 rings (SSSR count). The van der Waals surface area contributed by atoms with E-state index in [0.29, 0.717) is 29.5 Å². The molecule has 1 aliphatic carbocycles. The molecule has 134 valence electrons. The highest BCUT2D eigenvalue weighted by molar-refractivity contribution is 6.07. The Hall–Kier alpha value is -3.09. The van der Waals surface area contributed by atoms with Gasteiger partial charge in [-0.05, 0) is 55.5 Å². The normalized spacial score (nSPS) is 16.1. The molecule has 2 aliphatic rings. The topological polar surface area (TPSA) is 102 Å². The van der Waals surface area contributed by atoms with Crippen LogP contribution in [0.5, 0.6) is 0 Å². The number of hydrogen-bond acceptors (Lipinski definition) is 5. The molecule has 0 atom stereocenters. The number of nitro groups is 1. The third-order valence-electron chi connectivity index (χ3n) is 4.91. The molecular formula is C19H20N4O3. The maximum atomic E-state index is 13.0. The molecular weight excluding hydrogens is 332 g/mol. The number of nitrogens with two attached hydrogens (primary N) is 1. The molecule has 0 saturated heterocycles. The standard InChI is InChI=1S/C19H20N4O3/c20-15-4-1-5-17-14(15)3-2-10-22(17)19(24)12-6-9-16(21-13-7-8-13)18(11-12)23(25)26/h1,4-6,9,11,13,21H,2-3,7-8,10,20H2. The fraction of sp³-hybridized carbons (Fsp3) is 0.316. The Kier molecular flexibility index (Phi) is 3.99. The van der Waals surface area contributed by atoms with Gasteiger partial charge >= 0.3 is 0 Å². The van der Waals surface area contributed by atoms with Crippen LogP contribution in [0.1, 0.15) is 35.2 Å². The van der Waals surface area contributed by atoms with E-state index in [9.17, 15) is 14.9 Å². The number of nitrogen functional groups attached to an aromatic ring is 1. The molecule has 0 radical (unpaired) electrons. The minimum atomic E-state index is -0.441. The number of nitrogens with one attached hydrogen (secondary N) is 1. The van der Waals surface area contributed by atoms with Crippen LogP contribution in [0.25, 0.3) is 0 Å². The first-order chi connectivity index (χ1) is 12.5. The second kappa shape index (κ2) is 6.33. The van der Waals surface area contributed by atoms with Crippen molar-refractivity contribution in [3.8, 4) is 0 Å². The molecule has 7 nitrogen and oxygen atoms in total. The van der Waals surface area contributed by atoms with Crippen molar-refractivity contribution < 1.29 is 9.72 Å². The number of anilines is 3. The van der Waals surface area contributed by atoms with E-state index in [1.54, 1.807) is 17.0 Å². The molecule has 1 heterocycles. The summed E-state index contributed by atoms with van der Waals surface area (Å²) in [6, 6.07) is 10.5. The first-order valence-electron chi connectivity index (χ1n) is 8.79. The van der Waals surface area contributed by atoms with Crippen molar-refractivity contribution in [2.75, 3.05) is 22.5 Å². The summed E-state index contributed by atoms with van der Waals surface area (Å²) in [4.78, 5) is 25.7. The highest BCUT2D eigenvalue weighted by Crippen LogP contribution is 2.34. The van der Waals surface area contributed by atoms with Gasteiger partial charge in [-0.2, -0.15) is 0 Å². The number of nitro benzene ring substituents is 1. The fourth-order valence-corrected chi connectivity index (χ4v) is 3.40. The number of benzene rings is 2. The van der Waals surface area contributed by atoms with Crippen LogP contribution in [0.15, 0.2) is 36.4 Å². The maximum absolute atomic E-state index is 13.0. The Balaban J connectivity index is 1.68. The van der Waals surface area contributed by atoms with E-state index in [2.05, 4.69) is 5.32 Å². The van der Waals surface area contributed by atoms with Crippen molar-refractivity contribution in [3.63, 3.8) is 0 Å². The fourth-order valence-electron chi connectivity index (χ4n) is 3.40. The highest BCUT2D eigenvalue weighted by Gasteiger charge is 2.28. The second-order valence-corrected chi connectivity index (χ2v) is 6.81. The van der Waals surface area contributed by atoms with E-state index in [-0.39, 0.29) is 11.6 Å². The lowest BCUT2D eigenvalue weighted by molar-refractivity contribution is -0.384. The van der Waals surface area contributed by atoms with E-state index in [4.69, 9.17) is 5.73 Å². The number of carbonyl (C=O) groups is 1. The van der Waals surface area contributed by atoms with Crippen LogP contribution in [0, 0.1) is 10.1 Å². The lowest BCUT2D eigenvalue weighted by Gasteiger charge is -2.30. The predicted octanol–water partition coefficient (Wildman–Crippen LogP) is 3.34. The van der Waals surface area contributed by atoms with E-state index in [1.807, 2.05) is 18.2 Å². The first-order valence-corrected chi connectivity index (χ1v) is 8.79. The Morgan fingerprint density at radius 2 is 2.08 bits per heavy atom. The number of nitrogens with zero attached hydrogens (tertiary/aromatic N) is 2. The lowest BCUT2D eigenvalue weighted by Crippen LogP contribution is -2.35. The van der Waals surface area contributed by atoms with Gasteiger partial charge in [-0.3, -0.25) is 14.9 Å². The number of amides is 1. The summed E-state index contributed by atoms with van der Waals surface area (Å²) >= 11 is 0. The molecule has 26 heavy (non-hydrogen) atoms. The van der Waals surface area contributed by atoms with E-state index < -0.39 is 4.92 Å². The van der Waals surface area contributed by atoms with Crippen molar-refractivity contribution in [3.05, 3.63) is 57.6 Å². The van der Waals surface area contributed by atoms with Crippen molar-refractivity contribution in [2.24, 2.45) is 0 Å². The van der Waals surface area contributed by atoms with E-state index in [0.717, 1.165) is 36.9 Å². The van der Waals surface area contributed by atoms with Crippen LogP contribution in [0.3, 0.4) is 0 Å². The molecule has 2 aromatic rings. The molecule has 1 saturated carbocycles. The molecule has 0 bridgehead atoms. The van der Waals surface area contributed by atoms with Gasteiger partial charge in [0.2, 0.25) is 0 Å². The summed E-state index contributed by atoms with van der Waals surface area (Å²) in [7, 11) is 0. The number of fused-ring (bicyclic) bond motifs is 1. The Morgan fingerprint density at radius 1 is 1.27 bits per heavy atom. The summed E-state index contributed by atoms with van der Waals surface area (Å²) in [6.45, 7) is 0.575. The van der Waals surface area contributed by atoms with Gasteiger partial charge in [0.1, 0.15) is 5.69 Å². The van der Waals surface area contributed by atoms with Crippen molar-refractivity contribution in [1.29, 1.82) is 0 Å². The van der Waals surface area contributed by atoms with E-state index in [1.165, 1.54) is 6.07 Å². The molecule has 1 amide bonds. The zero-order valence-electron chi connectivity index (χ0n) is 14.3. The van der Waals surface area contributed by atoms with Crippen molar-refractivity contribution >= 4 is 28.7 Å². The van der Waals surface area contributed by atoms with Crippen LogP contribution in [0.2, 0.25) is 0 Å². The zero-order valence-corrected chi connectivity index (χ0v) is 14.3. The number of carbonyl (C=O) groups excluding carboxylic acids is 1. The minimum absolute atomic E-state index is 0.0624. The monoisotopic (exact) mass is 352 g/mol. The number of rotatable bonds is 4. The summed E-state index contributed by atoms with van der Waals surface area (Å²) in [6.07, 6.45) is 3.68. The zero-order chi connectivity index (χ0) is 18.3. The average Bonchev–Trinajstić information content (AvgIpc) is 3.45. The predicted molar refractivity (Wildman–Crippen MR) is 101 cm³/mol. The molecule has 1 fully saturated rings. The van der Waals surface area contributed by atoms with Gasteiger partial charge in [0, 0.05) is 35.6 Å². The maximum Gasteiger partial charge on any atom is 0.293 e. The Bertz CT molecular complexity index is 892. The van der Waals surface area contributed by atoms with Crippen LogP contribution in [-0.4, -0.2) is 23.4 Å². The van der Waals surface area contributed by atoms with Crippen LogP contribution < -0.4 is 16.0 Å². The molecule has 0 spiro atoms. The van der Waals surface area contributed by atoms with E-state index >= 15 is 0 Å². The smallest absolute Gasteiger partial charge is 0.293 e. The molecule has 0 unspecified atom stereocenters. The van der Waals surface area contributed by atoms with Crippen LogP contribution in [0.4, 0.5) is 22.7 Å². The summed E-state index contributed by atoms with van der Waals surface area (Å²) in [5.74, 6) is -0.238. The van der Waals surface area contributed by atoms with Gasteiger partial charge in [0.25, 0.3) is 11.6 Å².